The molecule has 2 N–H and O–H groups in total. The van der Waals surface area contributed by atoms with E-state index in [4.69, 9.17) is 9.47 Å². The first kappa shape index (κ1) is 30.3. The van der Waals surface area contributed by atoms with Crippen molar-refractivity contribution in [3.05, 3.63) is 0 Å². The zero-order chi connectivity index (χ0) is 29.0. The molecule has 14 atom stereocenters. The molecule has 1 amide bonds. The molecule has 1 saturated heterocycles. The summed E-state index contributed by atoms with van der Waals surface area (Å²) in [6.45, 7) is 13.6. The van der Waals surface area contributed by atoms with Crippen LogP contribution in [0.1, 0.15) is 112 Å². The van der Waals surface area contributed by atoms with E-state index in [1.54, 1.807) is 0 Å². The van der Waals surface area contributed by atoms with E-state index in [9.17, 15) is 14.7 Å². The summed E-state index contributed by atoms with van der Waals surface area (Å²) >= 11 is 0. The summed E-state index contributed by atoms with van der Waals surface area (Å²) in [6, 6.07) is -0.589. The number of carbonyl (C=O) groups is 2. The zero-order valence-electron chi connectivity index (χ0n) is 26.3. The van der Waals surface area contributed by atoms with Crippen LogP contribution in [0.5, 0.6) is 0 Å². The third-order valence-corrected chi connectivity index (χ3v) is 13.5. The molecule has 0 aromatic carbocycles. The SMILES string of the molecule is CCC(C)C(NC(=O)[C@@H](C)CC[C@H]1O[C@H]2C[C@H]3[C@@H]4CC[C@@H]5C[C@@H](O)CC[C@]5(C)[C@H]4CC[C@]3(C)[C@H]2[C@@H]1C)C(=O)OC. The molecule has 5 rings (SSSR count). The highest BCUT2D eigenvalue weighted by atomic mass is 16.5. The van der Waals surface area contributed by atoms with Crippen molar-refractivity contribution < 1.29 is 24.2 Å². The number of hydrogen-bond acceptors (Lipinski definition) is 5. The zero-order valence-corrected chi connectivity index (χ0v) is 26.3. The lowest BCUT2D eigenvalue weighted by atomic mass is 9.44. The molecule has 5 fully saturated rings. The molecule has 0 aromatic rings. The molecule has 6 nitrogen and oxygen atoms in total. The first-order valence-electron chi connectivity index (χ1n) is 16.7. The fourth-order valence-electron chi connectivity index (χ4n) is 10.9. The summed E-state index contributed by atoms with van der Waals surface area (Å²) < 4.78 is 11.8. The Morgan fingerprint density at radius 3 is 2.48 bits per heavy atom. The molecule has 1 aliphatic heterocycles. The van der Waals surface area contributed by atoms with E-state index in [-0.39, 0.29) is 35.9 Å². The van der Waals surface area contributed by atoms with Gasteiger partial charge >= 0.3 is 5.97 Å². The van der Waals surface area contributed by atoms with Crippen LogP contribution in [-0.4, -0.2) is 48.4 Å². The fourth-order valence-corrected chi connectivity index (χ4v) is 10.9. The largest absolute Gasteiger partial charge is 0.467 e. The molecular weight excluding hydrogens is 502 g/mol. The van der Waals surface area contributed by atoms with Gasteiger partial charge in [0, 0.05) is 5.92 Å². The molecule has 5 aliphatic rings. The Balaban J connectivity index is 1.19. The van der Waals surface area contributed by atoms with E-state index in [1.165, 1.54) is 45.6 Å². The molecule has 0 bridgehead atoms. The minimum Gasteiger partial charge on any atom is -0.467 e. The van der Waals surface area contributed by atoms with Crippen molar-refractivity contribution in [3.63, 3.8) is 0 Å². The van der Waals surface area contributed by atoms with Gasteiger partial charge in [0.05, 0.1) is 25.4 Å². The lowest BCUT2D eigenvalue weighted by Gasteiger charge is -2.61. The lowest BCUT2D eigenvalue weighted by Crippen LogP contribution is -2.54. The van der Waals surface area contributed by atoms with Crippen molar-refractivity contribution in [1.29, 1.82) is 0 Å². The number of fused-ring (bicyclic) bond motifs is 7. The Kier molecular flexibility index (Phi) is 8.72. The normalized spacial score (nSPS) is 46.2. The Morgan fingerprint density at radius 2 is 1.77 bits per heavy atom. The van der Waals surface area contributed by atoms with Crippen LogP contribution in [0.4, 0.5) is 0 Å². The number of esters is 1. The Bertz CT molecular complexity index is 939. The summed E-state index contributed by atoms with van der Waals surface area (Å²) in [5.41, 5.74) is 0.763. The smallest absolute Gasteiger partial charge is 0.328 e. The van der Waals surface area contributed by atoms with Gasteiger partial charge in [-0.15, -0.1) is 0 Å². The van der Waals surface area contributed by atoms with Gasteiger partial charge < -0.3 is 19.9 Å². The standard InChI is InChI=1S/C34H57NO5/c1-8-19(2)30(32(38)39-7)35-31(37)20(3)9-12-27-21(4)29-28(40-27)18-26-24-11-10-22-17-23(36)13-15-33(22,5)25(24)14-16-34(26,29)6/h19-30,36H,8-18H2,1-7H3,(H,35,37)/t19?,20-,21+,22+,23-,24+,25-,26-,27+,28-,29-,30?,33-,34-/m0/s1. The topological polar surface area (TPSA) is 84.9 Å². The van der Waals surface area contributed by atoms with Gasteiger partial charge in [0.2, 0.25) is 5.91 Å². The molecular formula is C34H57NO5. The second-order valence-electron chi connectivity index (χ2n) is 15.3. The third-order valence-electron chi connectivity index (χ3n) is 13.5. The average molecular weight is 560 g/mol. The predicted molar refractivity (Wildman–Crippen MR) is 156 cm³/mol. The number of aliphatic hydroxyl groups excluding tert-OH is 1. The molecule has 4 aliphatic carbocycles. The highest BCUT2D eigenvalue weighted by Gasteiger charge is 2.65. The minimum absolute atomic E-state index is 0.0345. The monoisotopic (exact) mass is 559 g/mol. The van der Waals surface area contributed by atoms with Crippen molar-refractivity contribution in [1.82, 2.24) is 5.32 Å². The molecule has 40 heavy (non-hydrogen) atoms. The minimum atomic E-state index is -0.589. The number of rotatable bonds is 8. The van der Waals surface area contributed by atoms with Crippen LogP contribution in [0.15, 0.2) is 0 Å². The number of methoxy groups -OCH3 is 1. The van der Waals surface area contributed by atoms with E-state index in [0.717, 1.165) is 49.9 Å². The molecule has 228 valence electrons. The summed E-state index contributed by atoms with van der Waals surface area (Å²) in [5, 5.41) is 13.3. The van der Waals surface area contributed by atoms with E-state index >= 15 is 0 Å². The van der Waals surface area contributed by atoms with Gasteiger partial charge in [-0.3, -0.25) is 4.79 Å². The summed E-state index contributed by atoms with van der Waals surface area (Å²) in [4.78, 5) is 25.3. The van der Waals surface area contributed by atoms with Crippen LogP contribution >= 0.6 is 0 Å². The molecule has 4 saturated carbocycles. The van der Waals surface area contributed by atoms with Gasteiger partial charge in [0.15, 0.2) is 0 Å². The number of aliphatic hydroxyl groups is 1. The summed E-state index contributed by atoms with van der Waals surface area (Å²) in [5.74, 6) is 3.64. The van der Waals surface area contributed by atoms with Crippen LogP contribution in [0, 0.1) is 58.2 Å². The molecule has 0 radical (unpaired) electrons. The maximum atomic E-state index is 13.0. The van der Waals surface area contributed by atoms with Crippen LogP contribution in [0.25, 0.3) is 0 Å². The average Bonchev–Trinajstić information content (AvgIpc) is 3.42. The number of amides is 1. The van der Waals surface area contributed by atoms with E-state index < -0.39 is 6.04 Å². The van der Waals surface area contributed by atoms with Crippen LogP contribution in [-0.2, 0) is 19.1 Å². The van der Waals surface area contributed by atoms with Gasteiger partial charge in [-0.05, 0) is 116 Å². The van der Waals surface area contributed by atoms with Crippen molar-refractivity contribution in [3.8, 4) is 0 Å². The van der Waals surface area contributed by atoms with Gasteiger partial charge in [0.1, 0.15) is 6.04 Å². The summed E-state index contributed by atoms with van der Waals surface area (Å²) in [7, 11) is 1.38. The maximum Gasteiger partial charge on any atom is 0.328 e. The van der Waals surface area contributed by atoms with Crippen molar-refractivity contribution >= 4 is 11.9 Å². The fraction of sp³-hybridized carbons (Fsp3) is 0.941. The first-order valence-corrected chi connectivity index (χ1v) is 16.7. The van der Waals surface area contributed by atoms with Crippen molar-refractivity contribution in [2.45, 2.75) is 137 Å². The van der Waals surface area contributed by atoms with E-state index in [0.29, 0.717) is 34.7 Å². The molecule has 0 spiro atoms. The highest BCUT2D eigenvalue weighted by Crippen LogP contribution is 2.70. The predicted octanol–water partition coefficient (Wildman–Crippen LogP) is 6.14. The van der Waals surface area contributed by atoms with Gasteiger partial charge in [-0.25, -0.2) is 4.79 Å². The van der Waals surface area contributed by atoms with E-state index in [2.05, 4.69) is 26.1 Å². The highest BCUT2D eigenvalue weighted by molar-refractivity contribution is 5.85. The number of hydrogen-bond donors (Lipinski definition) is 2. The van der Waals surface area contributed by atoms with Gasteiger partial charge in [-0.2, -0.15) is 0 Å². The Hall–Kier alpha value is -1.14. The second-order valence-corrected chi connectivity index (χ2v) is 15.3. The number of ether oxygens (including phenoxy) is 2. The maximum absolute atomic E-state index is 13.0. The van der Waals surface area contributed by atoms with Gasteiger partial charge in [0.25, 0.3) is 0 Å². The van der Waals surface area contributed by atoms with Gasteiger partial charge in [-0.1, -0.05) is 48.0 Å². The van der Waals surface area contributed by atoms with Crippen LogP contribution in [0.3, 0.4) is 0 Å². The number of nitrogens with one attached hydrogen (secondary N) is 1. The second kappa shape index (κ2) is 11.5. The van der Waals surface area contributed by atoms with Crippen LogP contribution in [0.2, 0.25) is 0 Å². The molecule has 2 unspecified atom stereocenters. The van der Waals surface area contributed by atoms with Crippen LogP contribution < -0.4 is 5.32 Å². The molecule has 6 heteroatoms. The van der Waals surface area contributed by atoms with Crippen molar-refractivity contribution in [2.24, 2.45) is 58.2 Å². The Morgan fingerprint density at radius 1 is 1.05 bits per heavy atom. The quantitative estimate of drug-likeness (QED) is 0.349. The van der Waals surface area contributed by atoms with E-state index in [1.807, 2.05) is 20.8 Å². The van der Waals surface area contributed by atoms with Crippen molar-refractivity contribution in [2.75, 3.05) is 7.11 Å². The molecule has 0 aromatic heterocycles. The first-order chi connectivity index (χ1) is 18.9. The molecule has 1 heterocycles. The third kappa shape index (κ3) is 5.05. The number of carbonyl (C=O) groups excluding carboxylic acids is 2. The lowest BCUT2D eigenvalue weighted by molar-refractivity contribution is -0.147. The Labute approximate surface area is 243 Å². The summed E-state index contributed by atoms with van der Waals surface area (Å²) in [6.07, 6.45) is 12.7.